The minimum Gasteiger partial charge on any atom is -0.487 e. The zero-order valence-corrected chi connectivity index (χ0v) is 15.8. The van der Waals surface area contributed by atoms with Crippen molar-refractivity contribution in [3.63, 3.8) is 0 Å². The Kier molecular flexibility index (Phi) is 4.45. The van der Waals surface area contributed by atoms with Crippen molar-refractivity contribution >= 4 is 23.3 Å². The highest BCUT2D eigenvalue weighted by molar-refractivity contribution is 5.96. The maximum atomic E-state index is 13.6. The van der Waals surface area contributed by atoms with Crippen LogP contribution in [0, 0.1) is 5.82 Å². The Balaban J connectivity index is 1.50. The predicted octanol–water partition coefficient (Wildman–Crippen LogP) is 4.13. The first-order valence-electron chi connectivity index (χ1n) is 9.28. The lowest BCUT2D eigenvalue weighted by atomic mass is 9.90. The number of fused-ring (bicyclic) bond motifs is 2. The van der Waals surface area contributed by atoms with Gasteiger partial charge in [-0.05, 0) is 44.0 Å². The number of hydrogen-bond acceptors (Lipinski definition) is 3. The molecule has 7 heteroatoms. The monoisotopic (exact) mass is 383 g/mol. The van der Waals surface area contributed by atoms with Crippen LogP contribution in [0.4, 0.5) is 20.6 Å². The molecule has 0 saturated heterocycles. The van der Waals surface area contributed by atoms with Gasteiger partial charge in [-0.3, -0.25) is 4.79 Å². The lowest BCUT2D eigenvalue weighted by molar-refractivity contribution is -0.116. The fourth-order valence-corrected chi connectivity index (χ4v) is 3.73. The molecule has 2 heterocycles. The van der Waals surface area contributed by atoms with Crippen LogP contribution >= 0.6 is 0 Å². The summed E-state index contributed by atoms with van der Waals surface area (Å²) in [6.07, 6.45) is 1.72. The molecule has 2 aromatic rings. The minimum absolute atomic E-state index is 0.0256. The molecule has 2 aliphatic heterocycles. The molecular weight excluding hydrogens is 361 g/mol. The van der Waals surface area contributed by atoms with Crippen LogP contribution in [-0.4, -0.2) is 17.5 Å². The molecule has 2 aliphatic rings. The Morgan fingerprint density at radius 2 is 2.04 bits per heavy atom. The second kappa shape index (κ2) is 6.82. The highest BCUT2D eigenvalue weighted by Crippen LogP contribution is 2.39. The average Bonchev–Trinajstić information content (AvgIpc) is 2.59. The van der Waals surface area contributed by atoms with Crippen LogP contribution in [0.15, 0.2) is 36.4 Å². The van der Waals surface area contributed by atoms with E-state index in [1.54, 1.807) is 12.1 Å². The molecule has 28 heavy (non-hydrogen) atoms. The van der Waals surface area contributed by atoms with E-state index in [9.17, 15) is 14.0 Å². The molecule has 0 spiro atoms. The van der Waals surface area contributed by atoms with E-state index in [0.717, 1.165) is 16.8 Å². The minimum atomic E-state index is -0.533. The van der Waals surface area contributed by atoms with Crippen LogP contribution < -0.4 is 20.7 Å². The van der Waals surface area contributed by atoms with Crippen LogP contribution in [0.2, 0.25) is 0 Å². The number of benzene rings is 2. The summed E-state index contributed by atoms with van der Waals surface area (Å²) in [6.45, 7) is 3.80. The van der Waals surface area contributed by atoms with Crippen molar-refractivity contribution in [2.24, 2.45) is 0 Å². The van der Waals surface area contributed by atoms with E-state index < -0.39 is 5.60 Å². The summed E-state index contributed by atoms with van der Waals surface area (Å²) in [5.74, 6) is 0.0381. The van der Waals surface area contributed by atoms with Crippen molar-refractivity contribution in [3.8, 4) is 5.75 Å². The lowest BCUT2D eigenvalue weighted by Crippen LogP contribution is -2.42. The SMILES string of the molecule is CC1(C)C[C@@H](NC(=O)Nc2ccc3c(c2)NC(=O)CC3)c2ccc(F)cc2O1. The fraction of sp³-hybridized carbons (Fsp3) is 0.333. The molecule has 0 fully saturated rings. The molecule has 4 rings (SSSR count). The van der Waals surface area contributed by atoms with Gasteiger partial charge in [0.1, 0.15) is 17.2 Å². The van der Waals surface area contributed by atoms with Crippen molar-refractivity contribution < 1.29 is 18.7 Å². The van der Waals surface area contributed by atoms with Gasteiger partial charge in [0.15, 0.2) is 0 Å². The summed E-state index contributed by atoms with van der Waals surface area (Å²) >= 11 is 0. The molecule has 0 saturated carbocycles. The fourth-order valence-electron chi connectivity index (χ4n) is 3.73. The Morgan fingerprint density at radius 3 is 2.86 bits per heavy atom. The summed E-state index contributed by atoms with van der Waals surface area (Å²) in [7, 11) is 0. The summed E-state index contributed by atoms with van der Waals surface area (Å²) < 4.78 is 19.4. The first kappa shape index (κ1) is 18.3. The first-order chi connectivity index (χ1) is 13.3. The number of halogens is 1. The molecule has 146 valence electrons. The molecule has 3 N–H and O–H groups in total. The Labute approximate surface area is 162 Å². The summed E-state index contributed by atoms with van der Waals surface area (Å²) in [6, 6.07) is 9.13. The van der Waals surface area contributed by atoms with E-state index in [2.05, 4.69) is 16.0 Å². The molecule has 0 radical (unpaired) electrons. The van der Waals surface area contributed by atoms with Crippen molar-refractivity contribution in [2.45, 2.75) is 44.8 Å². The number of rotatable bonds is 2. The third kappa shape index (κ3) is 3.78. The molecule has 0 aliphatic carbocycles. The first-order valence-corrected chi connectivity index (χ1v) is 9.28. The van der Waals surface area contributed by atoms with E-state index in [4.69, 9.17) is 4.74 Å². The number of nitrogens with one attached hydrogen (secondary N) is 3. The summed E-state index contributed by atoms with van der Waals surface area (Å²) in [5, 5.41) is 8.58. The van der Waals surface area contributed by atoms with E-state index >= 15 is 0 Å². The molecule has 6 nitrogen and oxygen atoms in total. The standard InChI is InChI=1S/C21H22FN3O3/c1-21(2)11-17(15-7-5-13(22)9-18(15)28-21)25-20(27)23-14-6-3-12-4-8-19(26)24-16(12)10-14/h3,5-7,9-10,17H,4,8,11H2,1-2H3,(H,24,26)(H2,23,25,27)/t17-/m1/s1. The van der Waals surface area contributed by atoms with Crippen molar-refractivity contribution in [3.05, 3.63) is 53.3 Å². The van der Waals surface area contributed by atoms with Gasteiger partial charge in [-0.15, -0.1) is 0 Å². The topological polar surface area (TPSA) is 79.5 Å². The van der Waals surface area contributed by atoms with Gasteiger partial charge in [0.25, 0.3) is 0 Å². The van der Waals surface area contributed by atoms with Gasteiger partial charge in [0.2, 0.25) is 5.91 Å². The van der Waals surface area contributed by atoms with E-state index in [1.165, 1.54) is 12.1 Å². The van der Waals surface area contributed by atoms with E-state index in [0.29, 0.717) is 30.7 Å². The maximum absolute atomic E-state index is 13.6. The third-order valence-electron chi connectivity index (χ3n) is 5.00. The van der Waals surface area contributed by atoms with Gasteiger partial charge in [-0.25, -0.2) is 9.18 Å². The van der Waals surface area contributed by atoms with Crippen LogP contribution in [0.1, 0.15) is 43.9 Å². The summed E-state index contributed by atoms with van der Waals surface area (Å²) in [4.78, 5) is 24.2. The van der Waals surface area contributed by atoms with Gasteiger partial charge >= 0.3 is 6.03 Å². The van der Waals surface area contributed by atoms with Crippen molar-refractivity contribution in [1.82, 2.24) is 5.32 Å². The Hall–Kier alpha value is -3.09. The number of anilines is 2. The number of carbonyl (C=O) groups excluding carboxylic acids is 2. The lowest BCUT2D eigenvalue weighted by Gasteiger charge is -2.37. The molecular formula is C21H22FN3O3. The number of ether oxygens (including phenoxy) is 1. The molecule has 0 unspecified atom stereocenters. The molecule has 2 aromatic carbocycles. The summed E-state index contributed by atoms with van der Waals surface area (Å²) in [5.41, 5.74) is 2.57. The number of amides is 3. The maximum Gasteiger partial charge on any atom is 0.319 e. The quantitative estimate of drug-likeness (QED) is 0.729. The van der Waals surface area contributed by atoms with Gasteiger partial charge in [0.05, 0.1) is 6.04 Å². The van der Waals surface area contributed by atoms with Gasteiger partial charge in [-0.2, -0.15) is 0 Å². The van der Waals surface area contributed by atoms with Crippen LogP contribution in [0.25, 0.3) is 0 Å². The zero-order valence-electron chi connectivity index (χ0n) is 15.8. The van der Waals surface area contributed by atoms with Crippen molar-refractivity contribution in [2.75, 3.05) is 10.6 Å². The Bertz CT molecular complexity index is 958. The van der Waals surface area contributed by atoms with E-state index in [1.807, 2.05) is 26.0 Å². The highest BCUT2D eigenvalue weighted by Gasteiger charge is 2.34. The average molecular weight is 383 g/mol. The van der Waals surface area contributed by atoms with Gasteiger partial charge in [-0.1, -0.05) is 12.1 Å². The highest BCUT2D eigenvalue weighted by atomic mass is 19.1. The zero-order chi connectivity index (χ0) is 19.9. The largest absolute Gasteiger partial charge is 0.487 e. The molecule has 0 aromatic heterocycles. The van der Waals surface area contributed by atoms with Crippen LogP contribution in [0.3, 0.4) is 0 Å². The van der Waals surface area contributed by atoms with Gasteiger partial charge in [0, 0.05) is 35.8 Å². The second-order valence-corrected chi connectivity index (χ2v) is 7.82. The Morgan fingerprint density at radius 1 is 1.21 bits per heavy atom. The molecule has 0 bridgehead atoms. The van der Waals surface area contributed by atoms with Crippen molar-refractivity contribution in [1.29, 1.82) is 0 Å². The van der Waals surface area contributed by atoms with Crippen LogP contribution in [-0.2, 0) is 11.2 Å². The normalized spacial score (nSPS) is 19.5. The number of hydrogen-bond donors (Lipinski definition) is 3. The van der Waals surface area contributed by atoms with Crippen LogP contribution in [0.5, 0.6) is 5.75 Å². The second-order valence-electron chi connectivity index (χ2n) is 7.82. The van der Waals surface area contributed by atoms with Gasteiger partial charge < -0.3 is 20.7 Å². The molecule has 3 amide bonds. The number of urea groups is 1. The van der Waals surface area contributed by atoms with E-state index in [-0.39, 0.29) is 23.8 Å². The third-order valence-corrected chi connectivity index (χ3v) is 5.00. The number of carbonyl (C=O) groups is 2. The smallest absolute Gasteiger partial charge is 0.319 e. The predicted molar refractivity (Wildman–Crippen MR) is 104 cm³/mol. The number of aryl methyl sites for hydroxylation is 1. The molecule has 1 atom stereocenters.